The van der Waals surface area contributed by atoms with Crippen molar-refractivity contribution in [1.29, 1.82) is 0 Å². The zero-order valence-electron chi connectivity index (χ0n) is 18.7. The Kier molecular flexibility index (Phi) is 5.69. The number of carbonyl (C=O) groups excluding carboxylic acids is 1. The summed E-state index contributed by atoms with van der Waals surface area (Å²) < 4.78 is 36.6. The third kappa shape index (κ3) is 3.78. The molecule has 3 heterocycles. The second-order valence-electron chi connectivity index (χ2n) is 8.74. The molecule has 178 valence electrons. The summed E-state index contributed by atoms with van der Waals surface area (Å²) in [4.78, 5) is 30.4. The third-order valence-electron chi connectivity index (χ3n) is 6.38. The normalized spacial score (nSPS) is 18.1. The van der Waals surface area contributed by atoms with Gasteiger partial charge in [0.05, 0.1) is 22.0 Å². The lowest BCUT2D eigenvalue weighted by atomic mass is 10.0. The minimum absolute atomic E-state index is 0.0710. The second kappa shape index (κ2) is 8.56. The molecule has 2 aliphatic heterocycles. The number of nitrogens with zero attached hydrogens (tertiary/aromatic N) is 3. The molecule has 10 heteroatoms. The molecular weight excluding hydrogens is 466 g/mol. The van der Waals surface area contributed by atoms with Gasteiger partial charge in [-0.05, 0) is 38.2 Å². The monoisotopic (exact) mass is 488 g/mol. The van der Waals surface area contributed by atoms with Gasteiger partial charge >= 0.3 is 0 Å². The number of hydrogen-bond donors (Lipinski definition) is 1. The first-order valence-electron chi connectivity index (χ1n) is 11.0. The Labute approximate surface area is 199 Å². The number of amides is 1. The molecule has 0 aliphatic carbocycles. The molecule has 7 nitrogen and oxygen atoms in total. The highest BCUT2D eigenvalue weighted by Gasteiger charge is 2.31. The van der Waals surface area contributed by atoms with Gasteiger partial charge < -0.3 is 24.4 Å². The number of anilines is 2. The predicted molar refractivity (Wildman–Crippen MR) is 127 cm³/mol. The number of halogens is 3. The average Bonchev–Trinajstić information content (AvgIpc) is 2.80. The minimum Gasteiger partial charge on any atom is -0.487 e. The van der Waals surface area contributed by atoms with E-state index in [1.54, 1.807) is 4.57 Å². The minimum atomic E-state index is -0.692. The van der Waals surface area contributed by atoms with Gasteiger partial charge in [-0.3, -0.25) is 9.59 Å². The molecule has 0 unspecified atom stereocenters. The van der Waals surface area contributed by atoms with Crippen LogP contribution in [0.4, 0.5) is 20.2 Å². The number of rotatable bonds is 3. The summed E-state index contributed by atoms with van der Waals surface area (Å²) in [6.45, 7) is 5.00. The highest BCUT2D eigenvalue weighted by atomic mass is 35.5. The average molecular weight is 489 g/mol. The van der Waals surface area contributed by atoms with E-state index in [1.807, 2.05) is 18.9 Å². The molecule has 5 rings (SSSR count). The van der Waals surface area contributed by atoms with E-state index in [0.717, 1.165) is 19.2 Å². The van der Waals surface area contributed by atoms with Gasteiger partial charge in [0.1, 0.15) is 23.7 Å². The van der Waals surface area contributed by atoms with Crippen LogP contribution in [-0.2, 0) is 0 Å². The van der Waals surface area contributed by atoms with Crippen molar-refractivity contribution in [3.8, 4) is 5.75 Å². The molecule has 1 fully saturated rings. The summed E-state index contributed by atoms with van der Waals surface area (Å²) in [5, 5.41) is 2.49. The Bertz CT molecular complexity index is 1370. The van der Waals surface area contributed by atoms with Crippen LogP contribution in [0.5, 0.6) is 5.75 Å². The standard InChI is InChI=1S/C24H23ClF2N4O3/c1-13-12-34-23-20-15(10-19(27)21(23)30-7-5-29(2)6-8-30)22(32)16(11-31(13)20)24(33)28-14-3-4-18(26)17(25)9-14/h3-4,9-11,13H,5-8,12H2,1-2H3,(H,28,33)/t13-/m0/s1. The largest absolute Gasteiger partial charge is 0.487 e. The molecule has 1 amide bonds. The van der Waals surface area contributed by atoms with E-state index in [-0.39, 0.29) is 34.3 Å². The molecule has 2 aliphatic rings. The van der Waals surface area contributed by atoms with Crippen molar-refractivity contribution in [3.63, 3.8) is 0 Å². The summed E-state index contributed by atoms with van der Waals surface area (Å²) in [5.74, 6) is -1.55. The van der Waals surface area contributed by atoms with E-state index in [1.165, 1.54) is 24.4 Å². The van der Waals surface area contributed by atoms with Crippen molar-refractivity contribution in [2.45, 2.75) is 13.0 Å². The number of carbonyl (C=O) groups is 1. The van der Waals surface area contributed by atoms with Crippen molar-refractivity contribution < 1.29 is 18.3 Å². The molecule has 0 saturated carbocycles. The molecule has 1 aromatic heterocycles. The Hall–Kier alpha value is -3.17. The molecular formula is C24H23ClF2N4O3. The molecule has 0 bridgehead atoms. The van der Waals surface area contributed by atoms with Gasteiger partial charge in [-0.15, -0.1) is 0 Å². The number of pyridine rings is 1. The lowest BCUT2D eigenvalue weighted by Crippen LogP contribution is -2.45. The van der Waals surface area contributed by atoms with Gasteiger partial charge in [-0.2, -0.15) is 0 Å². The Balaban J connectivity index is 1.62. The van der Waals surface area contributed by atoms with Gasteiger partial charge in [-0.1, -0.05) is 11.6 Å². The first-order valence-corrected chi connectivity index (χ1v) is 11.4. The molecule has 34 heavy (non-hydrogen) atoms. The van der Waals surface area contributed by atoms with Crippen molar-refractivity contribution in [2.24, 2.45) is 0 Å². The smallest absolute Gasteiger partial charge is 0.261 e. The maximum atomic E-state index is 15.4. The lowest BCUT2D eigenvalue weighted by Gasteiger charge is -2.37. The van der Waals surface area contributed by atoms with E-state index in [9.17, 15) is 14.0 Å². The number of benzene rings is 2. The van der Waals surface area contributed by atoms with Crippen LogP contribution >= 0.6 is 11.6 Å². The van der Waals surface area contributed by atoms with Crippen LogP contribution in [0, 0.1) is 11.6 Å². The van der Waals surface area contributed by atoms with Crippen LogP contribution in [0.1, 0.15) is 23.3 Å². The maximum absolute atomic E-state index is 15.4. The van der Waals surface area contributed by atoms with E-state index in [0.29, 0.717) is 30.0 Å². The van der Waals surface area contributed by atoms with E-state index in [4.69, 9.17) is 16.3 Å². The zero-order valence-corrected chi connectivity index (χ0v) is 19.5. The quantitative estimate of drug-likeness (QED) is 0.606. The van der Waals surface area contributed by atoms with E-state index < -0.39 is 23.0 Å². The maximum Gasteiger partial charge on any atom is 0.261 e. The summed E-state index contributed by atoms with van der Waals surface area (Å²) >= 11 is 5.79. The molecule has 1 atom stereocenters. The van der Waals surface area contributed by atoms with Crippen LogP contribution in [0.25, 0.3) is 10.9 Å². The van der Waals surface area contributed by atoms with Gasteiger partial charge in [0.2, 0.25) is 5.43 Å². The molecule has 3 aromatic rings. The first-order chi connectivity index (χ1) is 16.2. The molecule has 1 N–H and O–H groups in total. The van der Waals surface area contributed by atoms with Gasteiger partial charge in [-0.25, -0.2) is 8.78 Å². The fourth-order valence-corrected chi connectivity index (χ4v) is 4.65. The number of aromatic nitrogens is 1. The Morgan fingerprint density at radius 3 is 2.59 bits per heavy atom. The van der Waals surface area contributed by atoms with E-state index in [2.05, 4.69) is 10.2 Å². The second-order valence-corrected chi connectivity index (χ2v) is 9.15. The van der Waals surface area contributed by atoms with Crippen LogP contribution in [0.15, 0.2) is 35.3 Å². The van der Waals surface area contributed by atoms with Gasteiger partial charge in [0, 0.05) is 38.1 Å². The summed E-state index contributed by atoms with van der Waals surface area (Å²) in [6, 6.07) is 4.73. The van der Waals surface area contributed by atoms with Gasteiger partial charge in [0.15, 0.2) is 11.6 Å². The van der Waals surface area contributed by atoms with Crippen LogP contribution in [-0.4, -0.2) is 55.2 Å². The number of hydrogen-bond acceptors (Lipinski definition) is 5. The Morgan fingerprint density at radius 1 is 1.15 bits per heavy atom. The molecule has 2 aromatic carbocycles. The first kappa shape index (κ1) is 22.6. The highest BCUT2D eigenvalue weighted by molar-refractivity contribution is 6.31. The fraction of sp³-hybridized carbons (Fsp3) is 0.333. The van der Waals surface area contributed by atoms with Gasteiger partial charge in [0.25, 0.3) is 5.91 Å². The fourth-order valence-electron chi connectivity index (χ4n) is 4.47. The molecule has 0 radical (unpaired) electrons. The topological polar surface area (TPSA) is 66.8 Å². The zero-order chi connectivity index (χ0) is 24.1. The lowest BCUT2D eigenvalue weighted by molar-refractivity contribution is 0.102. The summed E-state index contributed by atoms with van der Waals surface area (Å²) in [7, 11) is 2.01. The van der Waals surface area contributed by atoms with Crippen LogP contribution in [0.3, 0.4) is 0 Å². The number of nitrogens with one attached hydrogen (secondary N) is 1. The third-order valence-corrected chi connectivity index (χ3v) is 6.67. The number of piperazine rings is 1. The number of likely N-dealkylation sites (N-methyl/N-ethyl adjacent to an activating group) is 1. The Morgan fingerprint density at radius 2 is 1.88 bits per heavy atom. The van der Waals surface area contributed by atoms with Crippen LogP contribution in [0.2, 0.25) is 5.02 Å². The SMILES string of the molecule is C[C@H]1COc2c(N3CCN(C)CC3)c(F)cc3c(=O)c(C(=O)Nc4ccc(F)c(Cl)c4)cn1c23. The summed E-state index contributed by atoms with van der Waals surface area (Å²) in [5.41, 5.74) is 0.293. The van der Waals surface area contributed by atoms with E-state index >= 15 is 4.39 Å². The van der Waals surface area contributed by atoms with Crippen molar-refractivity contribution in [2.75, 3.05) is 50.1 Å². The predicted octanol–water partition coefficient (Wildman–Crippen LogP) is 3.89. The molecule has 0 spiro atoms. The van der Waals surface area contributed by atoms with Crippen molar-refractivity contribution in [3.05, 3.63) is 62.9 Å². The highest BCUT2D eigenvalue weighted by Crippen LogP contribution is 2.42. The van der Waals surface area contributed by atoms with Crippen molar-refractivity contribution >= 4 is 39.8 Å². The van der Waals surface area contributed by atoms with Crippen LogP contribution < -0.4 is 20.4 Å². The van der Waals surface area contributed by atoms with Crippen molar-refractivity contribution in [1.82, 2.24) is 9.47 Å². The number of ether oxygens (including phenoxy) is 1. The summed E-state index contributed by atoms with van der Waals surface area (Å²) in [6.07, 6.45) is 1.48. The molecule has 1 saturated heterocycles.